The fraction of sp³-hybridized carbons (Fsp3) is 0.750. The van der Waals surface area contributed by atoms with Gasteiger partial charge < -0.3 is 5.32 Å². The molecule has 1 aromatic rings. The smallest absolute Gasteiger partial charge is 0.0991 e. The molecule has 20 heavy (non-hydrogen) atoms. The summed E-state index contributed by atoms with van der Waals surface area (Å²) < 4.78 is 1.59. The van der Waals surface area contributed by atoms with E-state index in [0.717, 1.165) is 26.7 Å². The molecule has 1 heterocycles. The lowest BCUT2D eigenvalue weighted by molar-refractivity contribution is 0.217. The van der Waals surface area contributed by atoms with Gasteiger partial charge in [-0.2, -0.15) is 0 Å². The number of halogens is 2. The fourth-order valence-corrected chi connectivity index (χ4v) is 5.22. The van der Waals surface area contributed by atoms with Crippen LogP contribution in [-0.4, -0.2) is 6.54 Å². The molecule has 114 valence electrons. The van der Waals surface area contributed by atoms with Gasteiger partial charge in [0.1, 0.15) is 0 Å². The molecule has 0 radical (unpaired) electrons. The summed E-state index contributed by atoms with van der Waals surface area (Å²) in [6.45, 7) is 7.94. The fourth-order valence-electron chi connectivity index (χ4n) is 3.57. The van der Waals surface area contributed by atoms with Gasteiger partial charge in [-0.05, 0) is 49.1 Å². The lowest BCUT2D eigenvalue weighted by Crippen LogP contribution is -2.34. The van der Waals surface area contributed by atoms with Crippen molar-refractivity contribution in [3.8, 4) is 0 Å². The van der Waals surface area contributed by atoms with E-state index in [4.69, 9.17) is 23.2 Å². The zero-order chi connectivity index (χ0) is 14.8. The van der Waals surface area contributed by atoms with E-state index in [1.165, 1.54) is 43.4 Å². The minimum absolute atomic E-state index is 0.274. The van der Waals surface area contributed by atoms with Crippen LogP contribution in [0.3, 0.4) is 0 Å². The molecule has 1 aliphatic carbocycles. The van der Waals surface area contributed by atoms with Crippen molar-refractivity contribution in [1.29, 1.82) is 0 Å². The van der Waals surface area contributed by atoms with E-state index in [-0.39, 0.29) is 6.04 Å². The van der Waals surface area contributed by atoms with Crippen molar-refractivity contribution in [2.45, 2.75) is 58.9 Å². The van der Waals surface area contributed by atoms with Crippen molar-refractivity contribution >= 4 is 34.5 Å². The molecule has 2 rings (SSSR count). The van der Waals surface area contributed by atoms with Gasteiger partial charge in [0.05, 0.1) is 8.67 Å². The topological polar surface area (TPSA) is 12.0 Å². The van der Waals surface area contributed by atoms with Crippen LogP contribution in [0.5, 0.6) is 0 Å². The van der Waals surface area contributed by atoms with E-state index >= 15 is 0 Å². The first-order valence-electron chi connectivity index (χ1n) is 7.60. The minimum Gasteiger partial charge on any atom is -0.310 e. The standard InChI is InChI=1S/C16H25Cl2NS/c1-11(2)9-16(6-4-5-7-16)10-19-12(3)13-8-14(17)20-15(13)18/h8,11-12,19H,4-7,9-10H2,1-3H3. The van der Waals surface area contributed by atoms with Crippen LogP contribution in [-0.2, 0) is 0 Å². The third-order valence-electron chi connectivity index (χ3n) is 4.44. The van der Waals surface area contributed by atoms with E-state index in [0.29, 0.717) is 5.41 Å². The van der Waals surface area contributed by atoms with Crippen LogP contribution in [0, 0.1) is 11.3 Å². The number of hydrogen-bond donors (Lipinski definition) is 1. The second kappa shape index (κ2) is 7.00. The molecular weight excluding hydrogens is 309 g/mol. The van der Waals surface area contributed by atoms with Gasteiger partial charge in [-0.15, -0.1) is 11.3 Å². The van der Waals surface area contributed by atoms with E-state index in [9.17, 15) is 0 Å². The summed E-state index contributed by atoms with van der Waals surface area (Å²) in [6.07, 6.45) is 6.82. The third kappa shape index (κ3) is 4.13. The van der Waals surface area contributed by atoms with Gasteiger partial charge in [0, 0.05) is 12.6 Å². The maximum absolute atomic E-state index is 6.25. The molecule has 1 aliphatic rings. The normalized spacial score (nSPS) is 19.7. The maximum Gasteiger partial charge on any atom is 0.0991 e. The first-order chi connectivity index (χ1) is 9.42. The summed E-state index contributed by atoms with van der Waals surface area (Å²) >= 11 is 13.7. The van der Waals surface area contributed by atoms with Crippen LogP contribution in [0.1, 0.15) is 64.5 Å². The summed E-state index contributed by atoms with van der Waals surface area (Å²) in [5, 5.41) is 3.70. The first kappa shape index (κ1) is 16.6. The Morgan fingerprint density at radius 2 is 1.90 bits per heavy atom. The Morgan fingerprint density at radius 3 is 2.40 bits per heavy atom. The highest BCUT2D eigenvalue weighted by Crippen LogP contribution is 2.43. The van der Waals surface area contributed by atoms with Crippen LogP contribution in [0.15, 0.2) is 6.07 Å². The molecule has 1 nitrogen and oxygen atoms in total. The largest absolute Gasteiger partial charge is 0.310 e. The van der Waals surface area contributed by atoms with Gasteiger partial charge in [-0.1, -0.05) is 49.9 Å². The predicted octanol–water partition coefficient (Wildman–Crippen LogP) is 6.31. The molecule has 1 saturated carbocycles. The molecule has 0 spiro atoms. The van der Waals surface area contributed by atoms with Crippen molar-refractivity contribution < 1.29 is 0 Å². The highest BCUT2D eigenvalue weighted by atomic mass is 35.5. The van der Waals surface area contributed by atoms with E-state index in [1.54, 1.807) is 0 Å². The highest BCUT2D eigenvalue weighted by molar-refractivity contribution is 7.20. The third-order valence-corrected chi connectivity index (χ3v) is 5.96. The van der Waals surface area contributed by atoms with Gasteiger partial charge >= 0.3 is 0 Å². The molecule has 1 unspecified atom stereocenters. The predicted molar refractivity (Wildman–Crippen MR) is 91.1 cm³/mol. The van der Waals surface area contributed by atoms with Crippen LogP contribution >= 0.6 is 34.5 Å². The summed E-state index contributed by atoms with van der Waals surface area (Å²) in [7, 11) is 0. The van der Waals surface area contributed by atoms with Crippen LogP contribution in [0.2, 0.25) is 8.67 Å². The van der Waals surface area contributed by atoms with E-state index < -0.39 is 0 Å². The summed E-state index contributed by atoms with van der Waals surface area (Å²) in [5.74, 6) is 0.768. The monoisotopic (exact) mass is 333 g/mol. The highest BCUT2D eigenvalue weighted by Gasteiger charge is 2.34. The van der Waals surface area contributed by atoms with Crippen LogP contribution in [0.25, 0.3) is 0 Å². The Balaban J connectivity index is 1.97. The SMILES string of the molecule is CC(C)CC1(CNC(C)c2cc(Cl)sc2Cl)CCCC1. The lowest BCUT2D eigenvalue weighted by Gasteiger charge is -2.32. The number of thiophene rings is 1. The quantitative estimate of drug-likeness (QED) is 0.642. The van der Waals surface area contributed by atoms with Crippen LogP contribution < -0.4 is 5.32 Å². The van der Waals surface area contributed by atoms with E-state index in [1.807, 2.05) is 6.07 Å². The van der Waals surface area contributed by atoms with Crippen molar-refractivity contribution in [1.82, 2.24) is 5.32 Å². The molecule has 0 aliphatic heterocycles. The van der Waals surface area contributed by atoms with Crippen LogP contribution in [0.4, 0.5) is 0 Å². The Morgan fingerprint density at radius 1 is 1.25 bits per heavy atom. The van der Waals surface area contributed by atoms with Gasteiger partial charge in [0.15, 0.2) is 0 Å². The van der Waals surface area contributed by atoms with Gasteiger partial charge in [-0.3, -0.25) is 0 Å². The summed E-state index contributed by atoms with van der Waals surface area (Å²) in [5.41, 5.74) is 1.63. The minimum atomic E-state index is 0.274. The maximum atomic E-state index is 6.25. The van der Waals surface area contributed by atoms with Gasteiger partial charge in [-0.25, -0.2) is 0 Å². The van der Waals surface area contributed by atoms with Crippen molar-refractivity contribution in [2.24, 2.45) is 11.3 Å². The second-order valence-electron chi connectivity index (χ2n) is 6.69. The van der Waals surface area contributed by atoms with Crippen molar-refractivity contribution in [2.75, 3.05) is 6.54 Å². The van der Waals surface area contributed by atoms with Crippen molar-refractivity contribution in [3.63, 3.8) is 0 Å². The summed E-state index contributed by atoms with van der Waals surface area (Å²) in [6, 6.07) is 2.27. The molecule has 1 N–H and O–H groups in total. The molecule has 1 aromatic heterocycles. The zero-order valence-electron chi connectivity index (χ0n) is 12.6. The molecule has 1 atom stereocenters. The van der Waals surface area contributed by atoms with Gasteiger partial charge in [0.2, 0.25) is 0 Å². The van der Waals surface area contributed by atoms with Gasteiger partial charge in [0.25, 0.3) is 0 Å². The molecule has 0 bridgehead atoms. The van der Waals surface area contributed by atoms with Crippen molar-refractivity contribution in [3.05, 3.63) is 20.3 Å². The molecule has 0 amide bonds. The van der Waals surface area contributed by atoms with E-state index in [2.05, 4.69) is 26.1 Å². The molecule has 0 aromatic carbocycles. The zero-order valence-corrected chi connectivity index (χ0v) is 15.0. The first-order valence-corrected chi connectivity index (χ1v) is 9.17. The average molecular weight is 334 g/mol. The Hall–Kier alpha value is 0.240. The second-order valence-corrected chi connectivity index (χ2v) is 8.97. The molecular formula is C16H25Cl2NS. The Kier molecular flexibility index (Phi) is 5.81. The molecule has 1 fully saturated rings. The Bertz CT molecular complexity index is 436. The Labute approximate surface area is 137 Å². The number of nitrogens with one attached hydrogen (secondary N) is 1. The lowest BCUT2D eigenvalue weighted by atomic mass is 9.78. The number of hydrogen-bond acceptors (Lipinski definition) is 2. The average Bonchev–Trinajstić information content (AvgIpc) is 2.93. The summed E-state index contributed by atoms with van der Waals surface area (Å²) in [4.78, 5) is 0. The number of rotatable bonds is 6. The molecule has 4 heteroatoms. The molecule has 0 saturated heterocycles.